The Morgan fingerprint density at radius 2 is 1.88 bits per heavy atom. The van der Waals surface area contributed by atoms with Crippen LogP contribution < -0.4 is 10.2 Å². The average Bonchev–Trinajstić information content (AvgIpc) is 2.61. The minimum absolute atomic E-state index is 0.166. The second-order valence-corrected chi connectivity index (χ2v) is 6.00. The number of benzene rings is 2. The number of aryl methyl sites for hydroxylation is 1. The molecule has 5 heteroatoms. The van der Waals surface area contributed by atoms with E-state index in [9.17, 15) is 9.59 Å². The molecule has 26 heavy (non-hydrogen) atoms. The molecule has 5 nitrogen and oxygen atoms in total. The summed E-state index contributed by atoms with van der Waals surface area (Å²) in [6.07, 6.45) is 0. The van der Waals surface area contributed by atoms with E-state index in [1.165, 1.54) is 6.92 Å². The van der Waals surface area contributed by atoms with Gasteiger partial charge in [-0.05, 0) is 31.2 Å². The molecule has 4 rings (SSSR count). The van der Waals surface area contributed by atoms with E-state index in [0.29, 0.717) is 33.7 Å². The topological polar surface area (TPSA) is 69.4 Å². The first-order valence-electron chi connectivity index (χ1n) is 8.15. The number of hydrogen-bond acceptors (Lipinski definition) is 5. The number of rotatable bonds is 2. The lowest BCUT2D eigenvalue weighted by atomic mass is 10.1. The Balaban J connectivity index is 1.92. The molecule has 0 fully saturated rings. The minimum atomic E-state index is -0.430. The fourth-order valence-corrected chi connectivity index (χ4v) is 3.02. The number of pyridine rings is 1. The number of aromatic nitrogens is 1. The normalized spacial score (nSPS) is 11.0. The number of para-hydroxylation sites is 1. The second-order valence-electron chi connectivity index (χ2n) is 6.00. The molecule has 0 N–H and O–H groups in total. The molecule has 2 aromatic heterocycles. The first-order chi connectivity index (χ1) is 12.5. The molecule has 0 radical (unpaired) electrons. The molecule has 0 saturated heterocycles. The number of carbonyl (C=O) groups excluding carboxylic acids is 1. The van der Waals surface area contributed by atoms with Crippen LogP contribution in [0.25, 0.3) is 33.1 Å². The third kappa shape index (κ3) is 2.73. The minimum Gasteiger partial charge on any atom is -0.460 e. The van der Waals surface area contributed by atoms with Crippen LogP contribution in [-0.4, -0.2) is 11.0 Å². The summed E-state index contributed by atoms with van der Waals surface area (Å²) >= 11 is 0. The molecule has 2 aromatic carbocycles. The number of nitrogens with zero attached hydrogens (tertiary/aromatic N) is 1. The van der Waals surface area contributed by atoms with Gasteiger partial charge in [0.15, 0.2) is 0 Å². The molecule has 0 aliphatic carbocycles. The summed E-state index contributed by atoms with van der Waals surface area (Å²) in [4.78, 5) is 28.7. The van der Waals surface area contributed by atoms with E-state index in [0.717, 1.165) is 10.9 Å². The van der Waals surface area contributed by atoms with Crippen LogP contribution in [0.1, 0.15) is 12.7 Å². The highest BCUT2D eigenvalue weighted by molar-refractivity contribution is 5.86. The van der Waals surface area contributed by atoms with Crippen LogP contribution in [0.5, 0.6) is 5.75 Å². The molecule has 0 unspecified atom stereocenters. The molecule has 128 valence electrons. The second kappa shape index (κ2) is 6.11. The largest absolute Gasteiger partial charge is 0.460 e. The third-order valence-corrected chi connectivity index (χ3v) is 4.16. The quantitative estimate of drug-likeness (QED) is 0.401. The maximum atomic E-state index is 13.0. The Kier molecular flexibility index (Phi) is 3.77. The van der Waals surface area contributed by atoms with Gasteiger partial charge in [0.2, 0.25) is 5.43 Å². The Labute approximate surface area is 148 Å². The number of carbonyl (C=O) groups is 1. The van der Waals surface area contributed by atoms with Crippen molar-refractivity contribution in [3.63, 3.8) is 0 Å². The summed E-state index contributed by atoms with van der Waals surface area (Å²) in [5.74, 6) is 0.370. The Morgan fingerprint density at radius 3 is 2.69 bits per heavy atom. The molecule has 0 spiro atoms. The first kappa shape index (κ1) is 16.0. The number of esters is 1. The average molecular weight is 345 g/mol. The molecule has 0 atom stereocenters. The molecule has 0 aliphatic heterocycles. The van der Waals surface area contributed by atoms with Gasteiger partial charge in [0.1, 0.15) is 17.1 Å². The summed E-state index contributed by atoms with van der Waals surface area (Å²) in [5, 5.41) is 1.42. The van der Waals surface area contributed by atoms with Crippen molar-refractivity contribution >= 4 is 27.8 Å². The number of hydrogen-bond donors (Lipinski definition) is 0. The van der Waals surface area contributed by atoms with Crippen LogP contribution in [0.3, 0.4) is 0 Å². The van der Waals surface area contributed by atoms with Crippen molar-refractivity contribution < 1.29 is 13.9 Å². The number of ether oxygens (including phenoxy) is 1. The lowest BCUT2D eigenvalue weighted by molar-refractivity contribution is -0.131. The van der Waals surface area contributed by atoms with Gasteiger partial charge in [0.25, 0.3) is 0 Å². The van der Waals surface area contributed by atoms with Crippen LogP contribution in [-0.2, 0) is 4.79 Å². The fraction of sp³-hybridized carbons (Fsp3) is 0.0952. The van der Waals surface area contributed by atoms with Crippen molar-refractivity contribution in [1.82, 2.24) is 4.98 Å². The summed E-state index contributed by atoms with van der Waals surface area (Å²) in [5.41, 5.74) is 2.02. The van der Waals surface area contributed by atoms with E-state index in [2.05, 4.69) is 4.98 Å². The highest BCUT2D eigenvalue weighted by Gasteiger charge is 2.16. The Morgan fingerprint density at radius 1 is 1.08 bits per heavy atom. The van der Waals surface area contributed by atoms with Crippen molar-refractivity contribution in [2.75, 3.05) is 0 Å². The van der Waals surface area contributed by atoms with Crippen molar-refractivity contribution in [2.24, 2.45) is 0 Å². The van der Waals surface area contributed by atoms with E-state index in [1.807, 2.05) is 36.4 Å². The van der Waals surface area contributed by atoms with E-state index in [-0.39, 0.29) is 5.43 Å². The van der Waals surface area contributed by atoms with Gasteiger partial charge in [-0.15, -0.1) is 0 Å². The lowest BCUT2D eigenvalue weighted by Gasteiger charge is -2.08. The smallest absolute Gasteiger partial charge is 0.308 e. The first-order valence-corrected chi connectivity index (χ1v) is 8.15. The molecule has 0 bridgehead atoms. The highest BCUT2D eigenvalue weighted by atomic mass is 16.5. The zero-order valence-electron chi connectivity index (χ0n) is 14.3. The molecule has 0 saturated carbocycles. The van der Waals surface area contributed by atoms with Crippen LogP contribution in [0.15, 0.2) is 63.8 Å². The van der Waals surface area contributed by atoms with Gasteiger partial charge in [-0.1, -0.05) is 24.3 Å². The van der Waals surface area contributed by atoms with Crippen LogP contribution in [0.2, 0.25) is 0 Å². The Hall–Kier alpha value is -3.47. The molecule has 0 aliphatic rings. The molecular formula is C21H15NO4. The highest BCUT2D eigenvalue weighted by Crippen LogP contribution is 2.26. The van der Waals surface area contributed by atoms with Gasteiger partial charge < -0.3 is 9.15 Å². The predicted molar refractivity (Wildman–Crippen MR) is 99.3 cm³/mol. The molecule has 0 amide bonds. The third-order valence-electron chi connectivity index (χ3n) is 4.16. The Bertz CT molecular complexity index is 1220. The zero-order valence-corrected chi connectivity index (χ0v) is 14.3. The maximum absolute atomic E-state index is 13.0. The fourth-order valence-electron chi connectivity index (χ4n) is 3.02. The van der Waals surface area contributed by atoms with E-state index in [4.69, 9.17) is 9.15 Å². The monoisotopic (exact) mass is 345 g/mol. The van der Waals surface area contributed by atoms with Crippen molar-refractivity contribution in [3.05, 3.63) is 70.6 Å². The molecule has 2 heterocycles. The van der Waals surface area contributed by atoms with Crippen molar-refractivity contribution in [1.29, 1.82) is 0 Å². The number of fused-ring (bicyclic) bond motifs is 2. The van der Waals surface area contributed by atoms with Crippen LogP contribution in [0.4, 0.5) is 0 Å². The van der Waals surface area contributed by atoms with E-state index >= 15 is 0 Å². The van der Waals surface area contributed by atoms with Crippen molar-refractivity contribution in [3.8, 4) is 17.0 Å². The molecule has 4 aromatic rings. The SMILES string of the molecule is CC(=O)Oc1ccc2c(=O)c(-c3ccc4ccccc4n3)c(C)oc2c1. The lowest BCUT2D eigenvalue weighted by Crippen LogP contribution is -2.09. The van der Waals surface area contributed by atoms with Crippen LogP contribution in [0, 0.1) is 6.92 Å². The van der Waals surface area contributed by atoms with Gasteiger partial charge in [-0.2, -0.15) is 0 Å². The molecular weight excluding hydrogens is 330 g/mol. The van der Waals surface area contributed by atoms with Gasteiger partial charge in [0, 0.05) is 18.4 Å². The van der Waals surface area contributed by atoms with Gasteiger partial charge in [-0.25, -0.2) is 4.98 Å². The maximum Gasteiger partial charge on any atom is 0.308 e. The summed E-state index contributed by atoms with van der Waals surface area (Å²) < 4.78 is 10.9. The van der Waals surface area contributed by atoms with E-state index < -0.39 is 5.97 Å². The van der Waals surface area contributed by atoms with Gasteiger partial charge >= 0.3 is 5.97 Å². The van der Waals surface area contributed by atoms with E-state index in [1.54, 1.807) is 25.1 Å². The summed E-state index contributed by atoms with van der Waals surface area (Å²) in [6, 6.07) is 16.2. The summed E-state index contributed by atoms with van der Waals surface area (Å²) in [6.45, 7) is 3.05. The standard InChI is InChI=1S/C21H15NO4/c1-12-20(18-10-7-14-5-3-4-6-17(14)22-18)21(24)16-9-8-15(26-13(2)23)11-19(16)25-12/h3-11H,1-2H3. The zero-order chi connectivity index (χ0) is 18.3. The van der Waals surface area contributed by atoms with Crippen LogP contribution >= 0.6 is 0 Å². The summed E-state index contributed by atoms with van der Waals surface area (Å²) in [7, 11) is 0. The predicted octanol–water partition coefficient (Wildman–Crippen LogP) is 4.24. The van der Waals surface area contributed by atoms with Gasteiger partial charge in [-0.3, -0.25) is 9.59 Å². The van der Waals surface area contributed by atoms with Gasteiger partial charge in [0.05, 0.1) is 22.2 Å². The van der Waals surface area contributed by atoms with Crippen molar-refractivity contribution in [2.45, 2.75) is 13.8 Å².